The number of hydrogen-bond donors (Lipinski definition) is 1. The molecule has 1 unspecified atom stereocenters. The molecular formula is C30H34N2O. The van der Waals surface area contributed by atoms with E-state index in [9.17, 15) is 0 Å². The molecule has 3 aromatic rings. The Morgan fingerprint density at radius 1 is 0.818 bits per heavy atom. The molecule has 1 N–H and O–H groups in total. The molecular weight excluding hydrogens is 404 g/mol. The van der Waals surface area contributed by atoms with Gasteiger partial charge in [-0.25, -0.2) is 4.99 Å². The van der Waals surface area contributed by atoms with Crippen molar-refractivity contribution < 1.29 is 4.74 Å². The summed E-state index contributed by atoms with van der Waals surface area (Å²) in [7, 11) is 0. The average Bonchev–Trinajstić information content (AvgIpc) is 3.33. The highest BCUT2D eigenvalue weighted by Gasteiger charge is 2.24. The summed E-state index contributed by atoms with van der Waals surface area (Å²) in [4.78, 5) is 4.96. The summed E-state index contributed by atoms with van der Waals surface area (Å²) in [6.45, 7) is 11.7. The van der Waals surface area contributed by atoms with E-state index in [1.165, 1.54) is 22.4 Å². The van der Waals surface area contributed by atoms with Crippen LogP contribution in [-0.4, -0.2) is 12.5 Å². The zero-order valence-electron chi connectivity index (χ0n) is 20.3. The number of aliphatic imine (C=N–C) groups is 1. The highest BCUT2D eigenvalue weighted by Crippen LogP contribution is 2.36. The maximum Gasteiger partial charge on any atom is 0.214 e. The maximum absolute atomic E-state index is 6.13. The molecule has 0 amide bonds. The normalized spacial score (nSPS) is 16.5. The first kappa shape index (κ1) is 22.8. The quantitative estimate of drug-likeness (QED) is 0.406. The molecule has 4 rings (SSSR count). The van der Waals surface area contributed by atoms with Gasteiger partial charge in [0.25, 0.3) is 0 Å². The largest absolute Gasteiger partial charge is 0.475 e. The van der Waals surface area contributed by atoms with Gasteiger partial charge < -0.3 is 10.1 Å². The number of nitrogens with one attached hydrogen (secondary N) is 1. The molecule has 3 aromatic carbocycles. The lowest BCUT2D eigenvalue weighted by Gasteiger charge is -2.24. The minimum absolute atomic E-state index is 0.0300. The summed E-state index contributed by atoms with van der Waals surface area (Å²) in [5.74, 6) is 1.53. The fourth-order valence-corrected chi connectivity index (χ4v) is 4.34. The highest BCUT2D eigenvalue weighted by molar-refractivity contribution is 6.03. The third-order valence-corrected chi connectivity index (χ3v) is 6.22. The van der Waals surface area contributed by atoms with Crippen molar-refractivity contribution in [1.82, 2.24) is 0 Å². The Kier molecular flexibility index (Phi) is 6.98. The first-order chi connectivity index (χ1) is 16.0. The highest BCUT2D eigenvalue weighted by atomic mass is 16.5. The number of para-hydroxylation sites is 1. The molecule has 0 saturated carbocycles. The zero-order valence-corrected chi connectivity index (χ0v) is 20.3. The molecule has 0 spiro atoms. The van der Waals surface area contributed by atoms with Gasteiger partial charge in [-0.15, -0.1) is 0 Å². The van der Waals surface area contributed by atoms with Crippen molar-refractivity contribution in [1.29, 1.82) is 0 Å². The van der Waals surface area contributed by atoms with Gasteiger partial charge in [-0.2, -0.15) is 0 Å². The number of anilines is 1. The Balaban J connectivity index is 1.81. The third-order valence-electron chi connectivity index (χ3n) is 6.22. The molecule has 3 nitrogen and oxygen atoms in total. The van der Waals surface area contributed by atoms with Crippen LogP contribution >= 0.6 is 0 Å². The van der Waals surface area contributed by atoms with Crippen LogP contribution in [0.5, 0.6) is 0 Å². The van der Waals surface area contributed by atoms with Crippen LogP contribution in [0.1, 0.15) is 74.8 Å². The zero-order chi connectivity index (χ0) is 23.4. The van der Waals surface area contributed by atoms with Crippen LogP contribution in [0.2, 0.25) is 0 Å². The van der Waals surface area contributed by atoms with E-state index < -0.39 is 0 Å². The van der Waals surface area contributed by atoms with E-state index in [4.69, 9.17) is 9.73 Å². The molecule has 1 atom stereocenters. The van der Waals surface area contributed by atoms with Crippen LogP contribution in [0.3, 0.4) is 0 Å². The fraction of sp³-hybridized carbons (Fsp3) is 0.300. The molecule has 0 fully saturated rings. The lowest BCUT2D eigenvalue weighted by atomic mass is 9.92. The molecule has 170 valence electrons. The topological polar surface area (TPSA) is 33.6 Å². The van der Waals surface area contributed by atoms with E-state index in [1.807, 2.05) is 12.1 Å². The monoisotopic (exact) mass is 438 g/mol. The van der Waals surface area contributed by atoms with Gasteiger partial charge >= 0.3 is 0 Å². The van der Waals surface area contributed by atoms with Crippen LogP contribution < -0.4 is 5.32 Å². The number of hydrogen-bond acceptors (Lipinski definition) is 3. The van der Waals surface area contributed by atoms with Gasteiger partial charge in [0, 0.05) is 11.3 Å². The number of benzene rings is 3. The van der Waals surface area contributed by atoms with Gasteiger partial charge in [0.2, 0.25) is 5.90 Å². The summed E-state index contributed by atoms with van der Waals surface area (Å²) in [5, 5.41) is 3.85. The van der Waals surface area contributed by atoms with Crippen LogP contribution in [0, 0.1) is 0 Å². The predicted molar refractivity (Wildman–Crippen MR) is 140 cm³/mol. The van der Waals surface area contributed by atoms with Crippen molar-refractivity contribution in [2.24, 2.45) is 4.99 Å². The van der Waals surface area contributed by atoms with Crippen LogP contribution in [-0.2, 0) is 4.74 Å². The first-order valence-corrected chi connectivity index (χ1v) is 11.9. The molecule has 0 aromatic heterocycles. The summed E-state index contributed by atoms with van der Waals surface area (Å²) in [6, 6.07) is 27.5. The van der Waals surface area contributed by atoms with E-state index in [0.29, 0.717) is 24.3 Å². The van der Waals surface area contributed by atoms with E-state index >= 15 is 0 Å². The van der Waals surface area contributed by atoms with Crippen molar-refractivity contribution in [2.45, 2.75) is 52.5 Å². The lowest BCUT2D eigenvalue weighted by molar-refractivity contribution is 0.319. The van der Waals surface area contributed by atoms with E-state index in [0.717, 1.165) is 16.8 Å². The van der Waals surface area contributed by atoms with Crippen molar-refractivity contribution in [2.75, 3.05) is 11.9 Å². The fourth-order valence-electron chi connectivity index (χ4n) is 4.34. The van der Waals surface area contributed by atoms with E-state index in [2.05, 4.69) is 107 Å². The number of rotatable bonds is 7. The van der Waals surface area contributed by atoms with Crippen LogP contribution in [0.4, 0.5) is 5.69 Å². The average molecular weight is 439 g/mol. The molecule has 1 aliphatic heterocycles. The van der Waals surface area contributed by atoms with Gasteiger partial charge in [0.15, 0.2) is 0 Å². The Labute approximate surface area is 198 Å². The third kappa shape index (κ3) is 5.03. The molecule has 1 heterocycles. The van der Waals surface area contributed by atoms with Gasteiger partial charge in [-0.05, 0) is 41.0 Å². The van der Waals surface area contributed by atoms with Gasteiger partial charge in [-0.1, -0.05) is 107 Å². The van der Waals surface area contributed by atoms with E-state index in [1.54, 1.807) is 0 Å². The van der Waals surface area contributed by atoms with Crippen LogP contribution in [0.25, 0.3) is 5.70 Å². The SMILES string of the molecule is CC(C1=NC(c2ccccc2)CO1)=C(Nc1c(C(C)C)cccc1C(C)C)c1ccccc1. The van der Waals surface area contributed by atoms with Gasteiger partial charge in [0.1, 0.15) is 12.6 Å². The molecule has 0 bridgehead atoms. The molecule has 0 saturated heterocycles. The van der Waals surface area contributed by atoms with Crippen LogP contribution in [0.15, 0.2) is 89.4 Å². The molecule has 0 aliphatic carbocycles. The summed E-state index contributed by atoms with van der Waals surface area (Å²) in [6.07, 6.45) is 0. The first-order valence-electron chi connectivity index (χ1n) is 11.9. The molecule has 33 heavy (non-hydrogen) atoms. The summed E-state index contributed by atoms with van der Waals surface area (Å²) in [5.41, 5.74) is 8.20. The van der Waals surface area contributed by atoms with Gasteiger partial charge in [-0.3, -0.25) is 0 Å². The minimum atomic E-state index is 0.0300. The summed E-state index contributed by atoms with van der Waals surface area (Å²) >= 11 is 0. The second-order valence-corrected chi connectivity index (χ2v) is 9.28. The second kappa shape index (κ2) is 10.1. The number of nitrogens with zero attached hydrogens (tertiary/aromatic N) is 1. The Bertz CT molecular complexity index is 1120. The second-order valence-electron chi connectivity index (χ2n) is 9.28. The Morgan fingerprint density at radius 2 is 1.39 bits per heavy atom. The van der Waals surface area contributed by atoms with Crippen molar-refractivity contribution in [3.05, 3.63) is 107 Å². The minimum Gasteiger partial charge on any atom is -0.475 e. The predicted octanol–water partition coefficient (Wildman–Crippen LogP) is 7.95. The lowest BCUT2D eigenvalue weighted by Crippen LogP contribution is -2.12. The standard InChI is InChI=1S/C30H34N2O/c1-20(2)25-17-12-18-26(21(3)4)29(25)32-28(24-15-10-7-11-16-24)22(5)30-31-27(19-33-30)23-13-8-6-9-14-23/h6-18,20-21,27,32H,19H2,1-5H3. The number of ether oxygens (including phenoxy) is 1. The van der Waals surface area contributed by atoms with Crippen molar-refractivity contribution in [3.63, 3.8) is 0 Å². The molecule has 1 aliphatic rings. The van der Waals surface area contributed by atoms with Crippen molar-refractivity contribution in [3.8, 4) is 0 Å². The smallest absolute Gasteiger partial charge is 0.214 e. The van der Waals surface area contributed by atoms with Crippen molar-refractivity contribution >= 4 is 17.3 Å². The van der Waals surface area contributed by atoms with E-state index in [-0.39, 0.29) is 6.04 Å². The van der Waals surface area contributed by atoms with Gasteiger partial charge in [0.05, 0.1) is 5.70 Å². The Hall–Kier alpha value is -3.33. The Morgan fingerprint density at radius 3 is 1.97 bits per heavy atom. The molecule has 0 radical (unpaired) electrons. The summed E-state index contributed by atoms with van der Waals surface area (Å²) < 4.78 is 6.13. The maximum atomic E-state index is 6.13. The molecule has 3 heteroatoms.